The van der Waals surface area contributed by atoms with Crippen molar-refractivity contribution in [1.82, 2.24) is 5.32 Å². The number of hydrogen-bond acceptors (Lipinski definition) is 6. The van der Waals surface area contributed by atoms with Crippen molar-refractivity contribution in [3.63, 3.8) is 0 Å². The van der Waals surface area contributed by atoms with E-state index >= 15 is 0 Å². The number of nitrogens with one attached hydrogen (secondary N) is 1. The molecule has 0 aliphatic carbocycles. The molecule has 0 aromatic carbocycles. The van der Waals surface area contributed by atoms with Gasteiger partial charge in [-0.15, -0.1) is 0 Å². The van der Waals surface area contributed by atoms with E-state index in [0.717, 1.165) is 0 Å². The molecule has 0 aromatic heterocycles. The summed E-state index contributed by atoms with van der Waals surface area (Å²) in [6.45, 7) is 3.38. The summed E-state index contributed by atoms with van der Waals surface area (Å²) in [6, 6.07) is 0. The number of rotatable bonds is 9. The molecule has 0 saturated carbocycles. The van der Waals surface area contributed by atoms with Crippen molar-refractivity contribution >= 4 is 11.9 Å². The maximum atomic E-state index is 11.5. The number of aliphatic hydroxyl groups excluding tert-OH is 2. The van der Waals surface area contributed by atoms with Gasteiger partial charge in [0.15, 0.2) is 0 Å². The summed E-state index contributed by atoms with van der Waals surface area (Å²) in [6.07, 6.45) is -1.32. The predicted molar refractivity (Wildman–Crippen MR) is 67.3 cm³/mol. The van der Waals surface area contributed by atoms with Gasteiger partial charge in [0.05, 0.1) is 19.6 Å². The first-order valence-corrected chi connectivity index (χ1v) is 6.06. The fraction of sp³-hybridized carbons (Fsp3) is 0.833. The first-order chi connectivity index (χ1) is 8.85. The Kier molecular flexibility index (Phi) is 8.29. The van der Waals surface area contributed by atoms with Crippen LogP contribution in [-0.4, -0.2) is 61.7 Å². The number of hydrogen-bond donors (Lipinski definition) is 3. The van der Waals surface area contributed by atoms with E-state index in [1.165, 1.54) is 7.11 Å². The van der Waals surface area contributed by atoms with Gasteiger partial charge in [0.2, 0.25) is 5.91 Å². The zero-order valence-electron chi connectivity index (χ0n) is 11.6. The Morgan fingerprint density at radius 1 is 1.32 bits per heavy atom. The first kappa shape index (κ1) is 17.8. The monoisotopic (exact) mass is 277 g/mol. The number of aliphatic hydroxyl groups is 2. The van der Waals surface area contributed by atoms with Crippen molar-refractivity contribution in [2.75, 3.05) is 33.5 Å². The van der Waals surface area contributed by atoms with E-state index in [1.807, 2.05) is 0 Å². The molecule has 19 heavy (non-hydrogen) atoms. The maximum absolute atomic E-state index is 11.5. The van der Waals surface area contributed by atoms with Gasteiger partial charge in [-0.1, -0.05) is 13.8 Å². The molecular weight excluding hydrogens is 254 g/mol. The molecule has 0 unspecified atom stereocenters. The second-order valence-corrected chi connectivity index (χ2v) is 4.80. The summed E-state index contributed by atoms with van der Waals surface area (Å²) in [4.78, 5) is 22.7. The van der Waals surface area contributed by atoms with E-state index in [2.05, 4.69) is 5.32 Å². The smallest absolute Gasteiger partial charge is 0.307 e. The summed E-state index contributed by atoms with van der Waals surface area (Å²) in [5.41, 5.74) is -0.928. The van der Waals surface area contributed by atoms with Crippen LogP contribution < -0.4 is 5.32 Å². The highest BCUT2D eigenvalue weighted by atomic mass is 16.6. The van der Waals surface area contributed by atoms with Crippen LogP contribution in [0.5, 0.6) is 0 Å². The summed E-state index contributed by atoms with van der Waals surface area (Å²) in [5.74, 6) is -1.07. The topological polar surface area (TPSA) is 105 Å². The largest absolute Gasteiger partial charge is 0.463 e. The molecule has 0 radical (unpaired) electrons. The van der Waals surface area contributed by atoms with Crippen molar-refractivity contribution in [3.8, 4) is 0 Å². The van der Waals surface area contributed by atoms with E-state index in [1.54, 1.807) is 13.8 Å². The van der Waals surface area contributed by atoms with Crippen molar-refractivity contribution in [2.24, 2.45) is 5.41 Å². The van der Waals surface area contributed by atoms with Crippen molar-refractivity contribution < 1.29 is 29.3 Å². The fourth-order valence-corrected chi connectivity index (χ4v) is 1.14. The van der Waals surface area contributed by atoms with Gasteiger partial charge in [0, 0.05) is 19.1 Å². The number of methoxy groups -OCH3 is 1. The standard InChI is InChI=1S/C12H23NO6/c1-12(2,8-14)10(16)11(17)13-5-4-9(15)19-7-6-18-3/h10,14,16H,4-8H2,1-3H3,(H,13,17)/t10-/m0/s1. The second-order valence-electron chi connectivity index (χ2n) is 4.80. The lowest BCUT2D eigenvalue weighted by molar-refractivity contribution is -0.145. The minimum Gasteiger partial charge on any atom is -0.463 e. The van der Waals surface area contributed by atoms with E-state index in [4.69, 9.17) is 14.6 Å². The maximum Gasteiger partial charge on any atom is 0.307 e. The van der Waals surface area contributed by atoms with Gasteiger partial charge in [-0.05, 0) is 0 Å². The summed E-state index contributed by atoms with van der Waals surface area (Å²) >= 11 is 0. The van der Waals surface area contributed by atoms with Crippen LogP contribution >= 0.6 is 0 Å². The summed E-state index contributed by atoms with van der Waals surface area (Å²) in [7, 11) is 1.50. The van der Waals surface area contributed by atoms with Crippen LogP contribution in [0.15, 0.2) is 0 Å². The number of carbonyl (C=O) groups is 2. The second kappa shape index (κ2) is 8.84. The van der Waals surface area contributed by atoms with Crippen LogP contribution in [0.4, 0.5) is 0 Å². The van der Waals surface area contributed by atoms with Gasteiger partial charge >= 0.3 is 5.97 Å². The summed E-state index contributed by atoms with van der Waals surface area (Å²) < 4.78 is 9.51. The molecule has 1 atom stereocenters. The quantitative estimate of drug-likeness (QED) is 0.371. The van der Waals surface area contributed by atoms with E-state index in [0.29, 0.717) is 6.61 Å². The van der Waals surface area contributed by atoms with E-state index < -0.39 is 23.4 Å². The number of esters is 1. The van der Waals surface area contributed by atoms with E-state index in [9.17, 15) is 14.7 Å². The van der Waals surface area contributed by atoms with Gasteiger partial charge < -0.3 is 25.0 Å². The molecule has 1 amide bonds. The third-order valence-corrected chi connectivity index (χ3v) is 2.57. The highest BCUT2D eigenvalue weighted by Gasteiger charge is 2.32. The first-order valence-electron chi connectivity index (χ1n) is 6.06. The van der Waals surface area contributed by atoms with Crippen LogP contribution in [0, 0.1) is 5.41 Å². The molecular formula is C12H23NO6. The van der Waals surface area contributed by atoms with Crippen LogP contribution in [0.3, 0.4) is 0 Å². The molecule has 112 valence electrons. The number of carbonyl (C=O) groups excluding carboxylic acids is 2. The van der Waals surface area contributed by atoms with Crippen molar-refractivity contribution in [1.29, 1.82) is 0 Å². The highest BCUT2D eigenvalue weighted by molar-refractivity contribution is 5.81. The van der Waals surface area contributed by atoms with Crippen LogP contribution in [0.25, 0.3) is 0 Å². The van der Waals surface area contributed by atoms with Gasteiger partial charge in [-0.2, -0.15) is 0 Å². The SMILES string of the molecule is COCCOC(=O)CCNC(=O)[C@H](O)C(C)(C)CO. The Labute approximate surface area is 112 Å². The van der Waals surface area contributed by atoms with Crippen molar-refractivity contribution in [3.05, 3.63) is 0 Å². The molecule has 7 nitrogen and oxygen atoms in total. The van der Waals surface area contributed by atoms with Gasteiger partial charge in [0.1, 0.15) is 12.7 Å². The Morgan fingerprint density at radius 2 is 1.95 bits per heavy atom. The van der Waals surface area contributed by atoms with E-state index in [-0.39, 0.29) is 26.2 Å². The molecule has 0 aromatic rings. The Bertz CT molecular complexity index is 292. The average Bonchev–Trinajstić information content (AvgIpc) is 2.38. The number of amides is 1. The lowest BCUT2D eigenvalue weighted by Crippen LogP contribution is -2.46. The Hall–Kier alpha value is -1.18. The molecule has 7 heteroatoms. The minimum atomic E-state index is -1.33. The van der Waals surface area contributed by atoms with Gasteiger partial charge in [-0.25, -0.2) is 0 Å². The lowest BCUT2D eigenvalue weighted by atomic mass is 9.87. The zero-order chi connectivity index (χ0) is 14.9. The zero-order valence-corrected chi connectivity index (χ0v) is 11.6. The van der Waals surface area contributed by atoms with Crippen molar-refractivity contribution in [2.45, 2.75) is 26.4 Å². The summed E-state index contributed by atoms with van der Waals surface area (Å²) in [5, 5.41) is 21.1. The molecule has 0 bridgehead atoms. The molecule has 0 spiro atoms. The molecule has 0 saturated heterocycles. The average molecular weight is 277 g/mol. The molecule has 3 N–H and O–H groups in total. The molecule has 0 rings (SSSR count). The third-order valence-electron chi connectivity index (χ3n) is 2.57. The highest BCUT2D eigenvalue weighted by Crippen LogP contribution is 2.19. The van der Waals surface area contributed by atoms with Gasteiger partial charge in [-0.3, -0.25) is 9.59 Å². The van der Waals surface area contributed by atoms with Gasteiger partial charge in [0.25, 0.3) is 0 Å². The Balaban J connectivity index is 3.88. The van der Waals surface area contributed by atoms with Crippen LogP contribution in [0.2, 0.25) is 0 Å². The third kappa shape index (κ3) is 7.09. The molecule has 0 aliphatic rings. The molecule has 0 heterocycles. The minimum absolute atomic E-state index is 0.0156. The predicted octanol–water partition coefficient (Wildman–Crippen LogP) is -0.938. The number of ether oxygens (including phenoxy) is 2. The normalized spacial score (nSPS) is 12.9. The fourth-order valence-electron chi connectivity index (χ4n) is 1.14. The lowest BCUT2D eigenvalue weighted by Gasteiger charge is -2.27. The van der Waals surface area contributed by atoms with Crippen LogP contribution in [-0.2, 0) is 19.1 Å². The Morgan fingerprint density at radius 3 is 2.47 bits per heavy atom. The molecule has 0 aliphatic heterocycles. The van der Waals surface area contributed by atoms with Crippen LogP contribution in [0.1, 0.15) is 20.3 Å². The molecule has 0 fully saturated rings.